The van der Waals surface area contributed by atoms with Crippen molar-refractivity contribution in [1.29, 1.82) is 0 Å². The third kappa shape index (κ3) is 8.68. The van der Waals surface area contributed by atoms with Gasteiger partial charge in [0.2, 0.25) is 30.0 Å². The van der Waals surface area contributed by atoms with E-state index in [-0.39, 0.29) is 19.0 Å². The Kier molecular flexibility index (Phi) is 12.8. The maximum Gasteiger partial charge on any atom is 0.328 e. The zero-order chi connectivity index (χ0) is 41.4. The van der Waals surface area contributed by atoms with Gasteiger partial charge in [0, 0.05) is 40.8 Å². The molecule has 0 radical (unpaired) electrons. The predicted molar refractivity (Wildman–Crippen MR) is 228 cm³/mol. The van der Waals surface area contributed by atoms with E-state index in [1.54, 1.807) is 74.4 Å². The van der Waals surface area contributed by atoms with Gasteiger partial charge in [-0.2, -0.15) is 4.74 Å². The molecule has 12 nitrogen and oxygen atoms in total. The number of nitrogens with zero attached hydrogens (tertiary/aromatic N) is 4. The number of halogens is 2. The first-order valence-corrected chi connectivity index (χ1v) is 19.0. The number of amides is 5. The number of nitrogens with one attached hydrogen (secondary N) is 3. The summed E-state index contributed by atoms with van der Waals surface area (Å²) < 4.78 is 0.951. The number of anilines is 1. The lowest BCUT2D eigenvalue weighted by molar-refractivity contribution is -0.439. The smallest absolute Gasteiger partial charge is 0.328 e. The number of hydroxylamine groups is 1. The molecule has 5 amide bonds. The largest absolute Gasteiger partial charge is 0.623 e. The minimum Gasteiger partial charge on any atom is -0.623 e. The van der Waals surface area contributed by atoms with E-state index in [4.69, 9.17) is 23.2 Å². The van der Waals surface area contributed by atoms with Crippen molar-refractivity contribution >= 4 is 75.6 Å². The molecule has 5 aromatic rings. The van der Waals surface area contributed by atoms with Gasteiger partial charge in [0.15, 0.2) is 11.3 Å². The van der Waals surface area contributed by atoms with Gasteiger partial charge in [-0.1, -0.05) is 109 Å². The van der Waals surface area contributed by atoms with Crippen LogP contribution in [-0.4, -0.2) is 72.9 Å². The minimum absolute atomic E-state index is 0.0282. The van der Waals surface area contributed by atoms with Gasteiger partial charge in [0.05, 0.1) is 22.6 Å². The molecule has 14 heteroatoms. The van der Waals surface area contributed by atoms with Crippen molar-refractivity contribution < 1.29 is 23.9 Å². The summed E-state index contributed by atoms with van der Waals surface area (Å²) in [5.41, 5.74) is 5.71. The Bertz CT molecular complexity index is 2440. The number of benzene rings is 5. The topological polar surface area (TPSA) is 158 Å². The summed E-state index contributed by atoms with van der Waals surface area (Å²) >= 11 is 12.2. The third-order valence-electron chi connectivity index (χ3n) is 9.74. The van der Waals surface area contributed by atoms with E-state index in [1.807, 2.05) is 78.9 Å². The first-order valence-electron chi connectivity index (χ1n) is 18.3. The van der Waals surface area contributed by atoms with Crippen molar-refractivity contribution in [3.8, 4) is 0 Å². The molecule has 0 spiro atoms. The molecule has 3 heterocycles. The van der Waals surface area contributed by atoms with Crippen molar-refractivity contribution in [2.24, 2.45) is 9.98 Å². The van der Waals surface area contributed by atoms with Crippen LogP contribution < -0.4 is 20.9 Å². The van der Waals surface area contributed by atoms with Gasteiger partial charge >= 0.3 is 6.03 Å². The number of urea groups is 1. The van der Waals surface area contributed by atoms with E-state index >= 15 is 0 Å². The van der Waals surface area contributed by atoms with Crippen molar-refractivity contribution in [3.05, 3.63) is 170 Å². The maximum atomic E-state index is 12.6. The van der Waals surface area contributed by atoms with E-state index in [0.717, 1.165) is 44.1 Å². The van der Waals surface area contributed by atoms with E-state index in [2.05, 4.69) is 25.9 Å². The van der Waals surface area contributed by atoms with Crippen molar-refractivity contribution in [3.63, 3.8) is 0 Å². The van der Waals surface area contributed by atoms with Crippen LogP contribution in [0.4, 0.5) is 16.2 Å². The Balaban J connectivity index is 0.000000148. The second-order valence-electron chi connectivity index (χ2n) is 13.2. The highest BCUT2D eigenvalue weighted by atomic mass is 35.5. The Morgan fingerprint density at radius 3 is 1.91 bits per heavy atom. The monoisotopic (exact) mass is 815 g/mol. The van der Waals surface area contributed by atoms with Crippen molar-refractivity contribution in [2.75, 3.05) is 32.1 Å². The van der Waals surface area contributed by atoms with Crippen LogP contribution in [0.3, 0.4) is 0 Å². The molecule has 0 atom stereocenters. The Morgan fingerprint density at radius 1 is 0.776 bits per heavy atom. The van der Waals surface area contributed by atoms with Crippen molar-refractivity contribution in [1.82, 2.24) is 16.0 Å². The molecule has 0 aliphatic carbocycles. The Morgan fingerprint density at radius 2 is 1.33 bits per heavy atom. The first kappa shape index (κ1) is 41.0. The lowest BCUT2D eigenvalue weighted by Crippen LogP contribution is -2.64. The number of aliphatic imine (C=N–C) groups is 2. The second kappa shape index (κ2) is 18.1. The lowest BCUT2D eigenvalue weighted by Gasteiger charge is -2.33. The van der Waals surface area contributed by atoms with Crippen LogP contribution >= 0.6 is 23.2 Å². The number of amidine groups is 1. The molecule has 0 bridgehead atoms. The van der Waals surface area contributed by atoms with E-state index in [1.165, 1.54) is 0 Å². The number of imide groups is 2. The van der Waals surface area contributed by atoms with E-state index in [0.29, 0.717) is 33.6 Å². The summed E-state index contributed by atoms with van der Waals surface area (Å²) in [4.78, 5) is 57.6. The van der Waals surface area contributed by atoms with Crippen molar-refractivity contribution in [2.45, 2.75) is 18.8 Å². The predicted octanol–water partition coefficient (Wildman–Crippen LogP) is 6.80. The highest BCUT2D eigenvalue weighted by Gasteiger charge is 2.50. The SMILES string of the molecule is CCC1(c2ccccc2)C(=O)NC(=O)NC1=O.CN1C(=O)CN=C(c2ccccc2)c2cc(Cl)ccc21.CNC1=Nc2ccc(Cl)cc2C(c2ccccc2)=[N+]([O-])C1. The Labute approximate surface area is 345 Å². The molecule has 1 fully saturated rings. The van der Waals surface area contributed by atoms with Gasteiger partial charge in [0.1, 0.15) is 6.54 Å². The van der Waals surface area contributed by atoms with E-state index < -0.39 is 23.3 Å². The summed E-state index contributed by atoms with van der Waals surface area (Å²) in [6, 6.07) is 38.3. The normalized spacial score (nSPS) is 15.6. The first-order chi connectivity index (χ1) is 28.0. The highest BCUT2D eigenvalue weighted by Crippen LogP contribution is 2.31. The standard InChI is InChI=1S/C16H14ClN3O.C16H13ClN2O.C12H12N2O3/c1-18-15-10-20(21)16(11-5-3-2-4-6-11)13-9-12(17)7-8-14(13)19-15;1-19-14-8-7-12(17)9-13(14)16(18-10-15(19)20)11-5-3-2-4-6-11;1-2-12(8-6-4-3-5-7-8)9(15)13-11(17)14-10(12)16/h2-9H,10H2,1H3,(H,18,19);2-9H,10H2,1H3;3-7H,2H2,1H3,(H2,13,14,15,16,17). The third-order valence-corrected chi connectivity index (χ3v) is 10.2. The van der Waals surface area contributed by atoms with Gasteiger partial charge in [0.25, 0.3) is 0 Å². The highest BCUT2D eigenvalue weighted by molar-refractivity contribution is 6.32. The number of likely N-dealkylation sites (N-methyl/N-ethyl adjacent to an activating group) is 2. The van der Waals surface area contributed by atoms with Crippen LogP contribution in [0.1, 0.15) is 41.2 Å². The van der Waals surface area contributed by atoms with Crippen LogP contribution in [0.15, 0.2) is 137 Å². The number of hydrogen-bond donors (Lipinski definition) is 3. The number of carbonyl (C=O) groups is 4. The summed E-state index contributed by atoms with van der Waals surface area (Å²) in [6.45, 7) is 2.06. The quantitative estimate of drug-likeness (QED) is 0.103. The number of fused-ring (bicyclic) bond motifs is 2. The summed E-state index contributed by atoms with van der Waals surface area (Å²) in [6.07, 6.45) is 0.294. The molecule has 5 aromatic carbocycles. The summed E-state index contributed by atoms with van der Waals surface area (Å²) in [5, 5.41) is 21.0. The Hall–Kier alpha value is -6.63. The molecule has 3 N–H and O–H groups in total. The minimum atomic E-state index is -1.31. The summed E-state index contributed by atoms with van der Waals surface area (Å²) in [7, 11) is 3.52. The molecular formula is C44H39Cl2N7O5. The number of hydrogen-bond acceptors (Lipinski definition) is 8. The zero-order valence-corrected chi connectivity index (χ0v) is 33.3. The average Bonchev–Trinajstić information content (AvgIpc) is 3.45. The molecule has 3 aliphatic rings. The fraction of sp³-hybridized carbons (Fsp3) is 0.159. The van der Waals surface area contributed by atoms with Crippen LogP contribution in [-0.2, 0) is 19.8 Å². The van der Waals surface area contributed by atoms with Gasteiger partial charge in [-0.3, -0.25) is 30.0 Å². The molecule has 8 rings (SSSR count). The fourth-order valence-corrected chi connectivity index (χ4v) is 7.07. The molecule has 3 aliphatic heterocycles. The second-order valence-corrected chi connectivity index (χ2v) is 14.1. The summed E-state index contributed by atoms with van der Waals surface area (Å²) in [5.74, 6) is -0.543. The van der Waals surface area contributed by atoms with Gasteiger partial charge in [-0.25, -0.2) is 9.79 Å². The van der Waals surface area contributed by atoms with Gasteiger partial charge < -0.3 is 15.4 Å². The van der Waals surface area contributed by atoms with Gasteiger partial charge in [-0.05, 0) is 60.5 Å². The van der Waals surface area contributed by atoms with Crippen LogP contribution in [0.2, 0.25) is 10.0 Å². The van der Waals surface area contributed by atoms with Crippen LogP contribution in [0.25, 0.3) is 0 Å². The molecule has 0 saturated carbocycles. The number of rotatable bonds is 4. The average molecular weight is 817 g/mol. The number of benzodiazepines with no additional fused rings is 1. The van der Waals surface area contributed by atoms with E-state index in [9.17, 15) is 24.4 Å². The molecular weight excluding hydrogens is 777 g/mol. The fourth-order valence-electron chi connectivity index (χ4n) is 6.73. The van der Waals surface area contributed by atoms with Crippen LogP contribution in [0, 0.1) is 5.21 Å². The molecule has 1 saturated heterocycles. The van der Waals surface area contributed by atoms with Crippen LogP contribution in [0.5, 0.6) is 0 Å². The molecule has 0 aromatic heterocycles. The lowest BCUT2D eigenvalue weighted by atomic mass is 9.75. The maximum absolute atomic E-state index is 12.6. The molecule has 58 heavy (non-hydrogen) atoms. The number of carbonyl (C=O) groups excluding carboxylic acids is 4. The molecule has 294 valence electrons. The zero-order valence-electron chi connectivity index (χ0n) is 31.8. The molecule has 0 unspecified atom stereocenters. The number of barbiturate groups is 1. The van der Waals surface area contributed by atoms with Gasteiger partial charge in [-0.15, -0.1) is 0 Å².